The third kappa shape index (κ3) is 4.62. The van der Waals surface area contributed by atoms with E-state index in [4.69, 9.17) is 0 Å². The Morgan fingerprint density at radius 1 is 1.06 bits per heavy atom. The van der Waals surface area contributed by atoms with Crippen molar-refractivity contribution < 1.29 is 22.4 Å². The molecule has 1 N–H and O–H groups in total. The standard InChI is InChI=1S/C22H24FN3O4S/c23-17-8-10-20(11-9-17)31(29,30)25-12-2-4-16(15-25)22(28)24-18-5-1-6-19(14-18)26-13-3-7-21(26)27/h1,5-6,8-11,14,16H,2-4,7,12-13,15H2,(H,24,28)/t16-/m0/s1. The molecule has 0 radical (unpaired) electrons. The molecule has 0 aromatic heterocycles. The van der Waals surface area contributed by atoms with Crippen LogP contribution in [-0.2, 0) is 19.6 Å². The van der Waals surface area contributed by atoms with Crippen LogP contribution < -0.4 is 10.2 Å². The molecule has 2 saturated heterocycles. The maximum Gasteiger partial charge on any atom is 0.243 e. The SMILES string of the molecule is O=C(Nc1cccc(N2CCCC2=O)c1)[C@H]1CCCN(S(=O)(=O)c2ccc(F)cc2)C1. The third-order valence-electron chi connectivity index (χ3n) is 5.71. The summed E-state index contributed by atoms with van der Waals surface area (Å²) in [6.45, 7) is 1.04. The molecule has 164 valence electrons. The summed E-state index contributed by atoms with van der Waals surface area (Å²) in [4.78, 5) is 26.5. The van der Waals surface area contributed by atoms with Gasteiger partial charge in [0.25, 0.3) is 0 Å². The van der Waals surface area contributed by atoms with E-state index in [0.717, 1.165) is 24.2 Å². The molecule has 2 fully saturated rings. The first-order valence-corrected chi connectivity index (χ1v) is 11.8. The highest BCUT2D eigenvalue weighted by molar-refractivity contribution is 7.89. The number of sulfonamides is 1. The first kappa shape index (κ1) is 21.5. The van der Waals surface area contributed by atoms with E-state index in [0.29, 0.717) is 38.0 Å². The molecule has 2 aromatic carbocycles. The van der Waals surface area contributed by atoms with Gasteiger partial charge in [-0.2, -0.15) is 4.31 Å². The maximum absolute atomic E-state index is 13.2. The lowest BCUT2D eigenvalue weighted by Gasteiger charge is -2.31. The van der Waals surface area contributed by atoms with Crippen LogP contribution in [-0.4, -0.2) is 44.2 Å². The lowest BCUT2D eigenvalue weighted by molar-refractivity contribution is -0.121. The van der Waals surface area contributed by atoms with Crippen LogP contribution in [0.2, 0.25) is 0 Å². The van der Waals surface area contributed by atoms with Gasteiger partial charge in [0, 0.05) is 37.4 Å². The van der Waals surface area contributed by atoms with Crippen molar-refractivity contribution in [1.29, 1.82) is 0 Å². The monoisotopic (exact) mass is 445 g/mol. The van der Waals surface area contributed by atoms with Gasteiger partial charge in [0.15, 0.2) is 0 Å². The van der Waals surface area contributed by atoms with Gasteiger partial charge in [0.2, 0.25) is 21.8 Å². The summed E-state index contributed by atoms with van der Waals surface area (Å²) in [6.07, 6.45) is 2.47. The van der Waals surface area contributed by atoms with Crippen molar-refractivity contribution in [2.45, 2.75) is 30.6 Å². The highest BCUT2D eigenvalue weighted by Crippen LogP contribution is 2.27. The average Bonchev–Trinajstić information content (AvgIpc) is 3.20. The Morgan fingerprint density at radius 3 is 2.55 bits per heavy atom. The summed E-state index contributed by atoms with van der Waals surface area (Å²) in [5.41, 5.74) is 1.31. The molecule has 2 amide bonds. The third-order valence-corrected chi connectivity index (χ3v) is 7.58. The van der Waals surface area contributed by atoms with E-state index in [1.807, 2.05) is 6.07 Å². The number of carbonyl (C=O) groups excluding carboxylic acids is 2. The summed E-state index contributed by atoms with van der Waals surface area (Å²) in [5, 5.41) is 2.86. The predicted molar refractivity (Wildman–Crippen MR) is 115 cm³/mol. The Kier molecular flexibility index (Phi) is 6.06. The van der Waals surface area contributed by atoms with E-state index in [2.05, 4.69) is 5.32 Å². The van der Waals surface area contributed by atoms with Crippen LogP contribution in [0.5, 0.6) is 0 Å². The zero-order valence-corrected chi connectivity index (χ0v) is 17.8. The van der Waals surface area contributed by atoms with Crippen LogP contribution in [0, 0.1) is 11.7 Å². The zero-order valence-electron chi connectivity index (χ0n) is 17.0. The van der Waals surface area contributed by atoms with Crippen molar-refractivity contribution in [3.8, 4) is 0 Å². The maximum atomic E-state index is 13.2. The van der Waals surface area contributed by atoms with E-state index in [1.54, 1.807) is 23.1 Å². The van der Waals surface area contributed by atoms with Crippen LogP contribution in [0.1, 0.15) is 25.7 Å². The Morgan fingerprint density at radius 2 is 1.84 bits per heavy atom. The van der Waals surface area contributed by atoms with Crippen molar-refractivity contribution in [3.63, 3.8) is 0 Å². The van der Waals surface area contributed by atoms with Gasteiger partial charge >= 0.3 is 0 Å². The number of nitrogens with zero attached hydrogens (tertiary/aromatic N) is 2. The van der Waals surface area contributed by atoms with E-state index < -0.39 is 21.8 Å². The van der Waals surface area contributed by atoms with Gasteiger partial charge in [-0.05, 0) is 61.7 Å². The van der Waals surface area contributed by atoms with Crippen molar-refractivity contribution in [1.82, 2.24) is 4.31 Å². The largest absolute Gasteiger partial charge is 0.326 e. The second kappa shape index (κ2) is 8.76. The van der Waals surface area contributed by atoms with E-state index >= 15 is 0 Å². The van der Waals surface area contributed by atoms with Gasteiger partial charge in [0.1, 0.15) is 5.82 Å². The van der Waals surface area contributed by atoms with Crippen molar-refractivity contribution >= 4 is 33.2 Å². The molecule has 0 saturated carbocycles. The molecule has 31 heavy (non-hydrogen) atoms. The Bertz CT molecular complexity index is 1090. The molecule has 7 nitrogen and oxygen atoms in total. The molecule has 0 bridgehead atoms. The summed E-state index contributed by atoms with van der Waals surface area (Å²) in [7, 11) is -3.80. The van der Waals surface area contributed by atoms with Gasteiger partial charge in [-0.1, -0.05) is 6.07 Å². The molecule has 2 aromatic rings. The molecule has 0 unspecified atom stereocenters. The van der Waals surface area contributed by atoms with Crippen LogP contribution in [0.3, 0.4) is 0 Å². The second-order valence-electron chi connectivity index (χ2n) is 7.84. The average molecular weight is 446 g/mol. The second-order valence-corrected chi connectivity index (χ2v) is 9.78. The number of nitrogens with one attached hydrogen (secondary N) is 1. The van der Waals surface area contributed by atoms with Gasteiger partial charge in [-0.25, -0.2) is 12.8 Å². The smallest absolute Gasteiger partial charge is 0.243 e. The number of hydrogen-bond acceptors (Lipinski definition) is 4. The van der Waals surface area contributed by atoms with Crippen LogP contribution in [0.4, 0.5) is 15.8 Å². The fourth-order valence-corrected chi connectivity index (χ4v) is 5.57. The number of benzene rings is 2. The van der Waals surface area contributed by atoms with Crippen LogP contribution in [0.25, 0.3) is 0 Å². The van der Waals surface area contributed by atoms with Crippen molar-refractivity contribution in [2.75, 3.05) is 29.9 Å². The quantitative estimate of drug-likeness (QED) is 0.767. The highest BCUT2D eigenvalue weighted by atomic mass is 32.2. The number of hydrogen-bond donors (Lipinski definition) is 1. The van der Waals surface area contributed by atoms with E-state index in [-0.39, 0.29) is 23.3 Å². The summed E-state index contributed by atoms with van der Waals surface area (Å²) in [5.74, 6) is -1.20. The van der Waals surface area contributed by atoms with Gasteiger partial charge in [-0.3, -0.25) is 9.59 Å². The van der Waals surface area contributed by atoms with Crippen LogP contribution in [0.15, 0.2) is 53.4 Å². The Balaban J connectivity index is 1.45. The molecule has 2 aliphatic rings. The van der Waals surface area contributed by atoms with E-state index in [9.17, 15) is 22.4 Å². The minimum Gasteiger partial charge on any atom is -0.326 e. The Labute approximate surface area is 180 Å². The molecular formula is C22H24FN3O4S. The molecule has 9 heteroatoms. The molecular weight excluding hydrogens is 421 g/mol. The number of piperidine rings is 1. The molecule has 4 rings (SSSR count). The molecule has 0 aliphatic carbocycles. The van der Waals surface area contributed by atoms with Gasteiger partial charge in [0.05, 0.1) is 10.8 Å². The number of halogens is 1. The summed E-state index contributed by atoms with van der Waals surface area (Å²) < 4.78 is 40.2. The number of rotatable bonds is 5. The topological polar surface area (TPSA) is 86.8 Å². The first-order valence-electron chi connectivity index (χ1n) is 10.3. The lowest BCUT2D eigenvalue weighted by Crippen LogP contribution is -2.43. The minimum atomic E-state index is -3.80. The van der Waals surface area contributed by atoms with Crippen LogP contribution >= 0.6 is 0 Å². The molecule has 2 aliphatic heterocycles. The fraction of sp³-hybridized carbons (Fsp3) is 0.364. The number of amides is 2. The van der Waals surface area contributed by atoms with Gasteiger partial charge < -0.3 is 10.2 Å². The predicted octanol–water partition coefficient (Wildman–Crippen LogP) is 2.99. The number of anilines is 2. The fourth-order valence-electron chi connectivity index (χ4n) is 4.05. The zero-order chi connectivity index (χ0) is 22.0. The Hall–Kier alpha value is -2.78. The van der Waals surface area contributed by atoms with Gasteiger partial charge in [-0.15, -0.1) is 0 Å². The lowest BCUT2D eigenvalue weighted by atomic mass is 9.98. The van der Waals surface area contributed by atoms with Crippen molar-refractivity contribution in [2.24, 2.45) is 5.92 Å². The summed E-state index contributed by atoms with van der Waals surface area (Å²) >= 11 is 0. The summed E-state index contributed by atoms with van der Waals surface area (Å²) in [6, 6.07) is 11.8. The normalized spacial score (nSPS) is 20.1. The minimum absolute atomic E-state index is 0.0120. The number of carbonyl (C=O) groups is 2. The van der Waals surface area contributed by atoms with E-state index in [1.165, 1.54) is 16.4 Å². The molecule has 1 atom stereocenters. The first-order chi connectivity index (χ1) is 14.8. The molecule has 0 spiro atoms. The highest BCUT2D eigenvalue weighted by Gasteiger charge is 2.33. The van der Waals surface area contributed by atoms with Crippen molar-refractivity contribution in [3.05, 3.63) is 54.3 Å². The molecule has 2 heterocycles.